The highest BCUT2D eigenvalue weighted by atomic mass is 16.4. The van der Waals surface area contributed by atoms with Gasteiger partial charge in [-0.3, -0.25) is 0 Å². The Bertz CT molecular complexity index is 636. The van der Waals surface area contributed by atoms with Crippen LogP contribution in [0.1, 0.15) is 35.7 Å². The molecule has 0 saturated carbocycles. The zero-order chi connectivity index (χ0) is 14.7. The first kappa shape index (κ1) is 13.9. The van der Waals surface area contributed by atoms with Crippen molar-refractivity contribution >= 4 is 23.0 Å². The van der Waals surface area contributed by atoms with Crippen LogP contribution in [-0.2, 0) is 0 Å². The number of carboxylic acid groups (broad SMARTS) is 1. The van der Waals surface area contributed by atoms with E-state index in [4.69, 9.17) is 10.8 Å². The van der Waals surface area contributed by atoms with Gasteiger partial charge < -0.3 is 16.2 Å². The second kappa shape index (κ2) is 5.65. The summed E-state index contributed by atoms with van der Waals surface area (Å²) in [4.78, 5) is 10.9. The van der Waals surface area contributed by atoms with E-state index in [2.05, 4.69) is 31.3 Å². The summed E-state index contributed by atoms with van der Waals surface area (Å²) in [5.41, 5.74) is 9.07. The number of carboxylic acids is 1. The number of rotatable bonds is 4. The zero-order valence-corrected chi connectivity index (χ0v) is 11.6. The fraction of sp³-hybridized carbons (Fsp3) is 0.188. The molecule has 2 rings (SSSR count). The quantitative estimate of drug-likeness (QED) is 0.738. The number of aromatic carboxylic acids is 1. The van der Waals surface area contributed by atoms with E-state index in [1.807, 2.05) is 12.1 Å². The van der Waals surface area contributed by atoms with Crippen LogP contribution in [0.3, 0.4) is 0 Å². The van der Waals surface area contributed by atoms with Crippen LogP contribution in [0, 0.1) is 0 Å². The van der Waals surface area contributed by atoms with E-state index in [1.165, 1.54) is 11.6 Å². The Morgan fingerprint density at radius 2 is 1.85 bits per heavy atom. The van der Waals surface area contributed by atoms with Crippen LogP contribution in [0.15, 0.2) is 42.5 Å². The first-order chi connectivity index (χ1) is 9.47. The molecule has 0 atom stereocenters. The van der Waals surface area contributed by atoms with Gasteiger partial charge in [-0.05, 0) is 41.8 Å². The molecule has 0 unspecified atom stereocenters. The Balaban J connectivity index is 2.24. The number of hydrogen-bond acceptors (Lipinski definition) is 3. The average molecular weight is 270 g/mol. The molecule has 0 bridgehead atoms. The van der Waals surface area contributed by atoms with Gasteiger partial charge in [-0.2, -0.15) is 0 Å². The summed E-state index contributed by atoms with van der Waals surface area (Å²) in [5, 5.41) is 12.2. The van der Waals surface area contributed by atoms with Gasteiger partial charge in [-0.15, -0.1) is 0 Å². The third kappa shape index (κ3) is 3.09. The molecule has 0 radical (unpaired) electrons. The molecule has 0 aliphatic rings. The summed E-state index contributed by atoms with van der Waals surface area (Å²) in [6.07, 6.45) is 0. The van der Waals surface area contributed by atoms with E-state index < -0.39 is 5.97 Å². The minimum atomic E-state index is -1.02. The van der Waals surface area contributed by atoms with E-state index in [-0.39, 0.29) is 11.3 Å². The Labute approximate surface area is 118 Å². The van der Waals surface area contributed by atoms with E-state index in [9.17, 15) is 4.79 Å². The van der Waals surface area contributed by atoms with Gasteiger partial charge in [0, 0.05) is 17.1 Å². The van der Waals surface area contributed by atoms with Crippen LogP contribution in [0.2, 0.25) is 0 Å². The van der Waals surface area contributed by atoms with Crippen LogP contribution in [0.5, 0.6) is 0 Å². The molecule has 0 spiro atoms. The molecule has 2 aromatic carbocycles. The molecule has 4 heteroatoms. The molecule has 2 aromatic rings. The minimum absolute atomic E-state index is 0.117. The van der Waals surface area contributed by atoms with Crippen molar-refractivity contribution in [2.75, 3.05) is 11.1 Å². The standard InChI is InChI=1S/C16H18N2O2/c1-10(2)11-4-3-5-12(8-11)18-13-6-7-14(16(19)20)15(17)9-13/h3-10,18H,17H2,1-2H3,(H,19,20). The Morgan fingerprint density at radius 3 is 2.45 bits per heavy atom. The maximum atomic E-state index is 10.9. The monoisotopic (exact) mass is 270 g/mol. The van der Waals surface area contributed by atoms with Crippen molar-refractivity contribution in [2.45, 2.75) is 19.8 Å². The third-order valence-corrected chi connectivity index (χ3v) is 3.12. The van der Waals surface area contributed by atoms with Crippen molar-refractivity contribution in [3.05, 3.63) is 53.6 Å². The van der Waals surface area contributed by atoms with E-state index in [1.54, 1.807) is 12.1 Å². The van der Waals surface area contributed by atoms with E-state index in [0.717, 1.165) is 11.4 Å². The van der Waals surface area contributed by atoms with Gasteiger partial charge in [-0.25, -0.2) is 4.79 Å². The third-order valence-electron chi connectivity index (χ3n) is 3.12. The number of anilines is 3. The van der Waals surface area contributed by atoms with Crippen LogP contribution in [0.25, 0.3) is 0 Å². The predicted octanol–water partition coefficient (Wildman–Crippen LogP) is 3.83. The summed E-state index contributed by atoms with van der Waals surface area (Å²) in [6, 6.07) is 13.0. The van der Waals surface area contributed by atoms with Gasteiger partial charge >= 0.3 is 5.97 Å². The maximum Gasteiger partial charge on any atom is 0.337 e. The summed E-state index contributed by atoms with van der Waals surface area (Å²) < 4.78 is 0. The maximum absolute atomic E-state index is 10.9. The van der Waals surface area contributed by atoms with E-state index in [0.29, 0.717) is 5.92 Å². The van der Waals surface area contributed by atoms with Crippen LogP contribution >= 0.6 is 0 Å². The molecule has 20 heavy (non-hydrogen) atoms. The summed E-state index contributed by atoms with van der Waals surface area (Å²) >= 11 is 0. The van der Waals surface area contributed by atoms with Crippen molar-refractivity contribution in [3.63, 3.8) is 0 Å². The first-order valence-electron chi connectivity index (χ1n) is 6.47. The van der Waals surface area contributed by atoms with Gasteiger partial charge in [-0.1, -0.05) is 26.0 Å². The highest BCUT2D eigenvalue weighted by Gasteiger charge is 2.08. The second-order valence-corrected chi connectivity index (χ2v) is 5.01. The van der Waals surface area contributed by atoms with Crippen molar-refractivity contribution < 1.29 is 9.90 Å². The van der Waals surface area contributed by atoms with Crippen LogP contribution in [0.4, 0.5) is 17.1 Å². The highest BCUT2D eigenvalue weighted by Crippen LogP contribution is 2.24. The lowest BCUT2D eigenvalue weighted by Crippen LogP contribution is -2.03. The lowest BCUT2D eigenvalue weighted by molar-refractivity contribution is 0.0698. The molecule has 104 valence electrons. The smallest absolute Gasteiger partial charge is 0.337 e. The van der Waals surface area contributed by atoms with Crippen LogP contribution in [-0.4, -0.2) is 11.1 Å². The molecule has 0 aliphatic heterocycles. The fourth-order valence-electron chi connectivity index (χ4n) is 1.98. The molecule has 0 saturated heterocycles. The predicted molar refractivity (Wildman–Crippen MR) is 81.6 cm³/mol. The van der Waals surface area contributed by atoms with Crippen molar-refractivity contribution in [3.8, 4) is 0 Å². The molecule has 4 nitrogen and oxygen atoms in total. The van der Waals surface area contributed by atoms with E-state index >= 15 is 0 Å². The van der Waals surface area contributed by atoms with Crippen molar-refractivity contribution in [1.82, 2.24) is 0 Å². The Morgan fingerprint density at radius 1 is 1.15 bits per heavy atom. The molecule has 0 aliphatic carbocycles. The topological polar surface area (TPSA) is 75.3 Å². The van der Waals surface area contributed by atoms with Crippen LogP contribution < -0.4 is 11.1 Å². The van der Waals surface area contributed by atoms with Gasteiger partial charge in [0.1, 0.15) is 0 Å². The molecular formula is C16H18N2O2. The number of nitrogens with one attached hydrogen (secondary N) is 1. The number of nitrogen functional groups attached to an aromatic ring is 1. The zero-order valence-electron chi connectivity index (χ0n) is 11.6. The summed E-state index contributed by atoms with van der Waals surface area (Å²) in [7, 11) is 0. The molecule has 4 N–H and O–H groups in total. The minimum Gasteiger partial charge on any atom is -0.478 e. The number of nitrogens with two attached hydrogens (primary N) is 1. The molecule has 0 amide bonds. The normalized spacial score (nSPS) is 10.6. The van der Waals surface area contributed by atoms with Gasteiger partial charge in [0.05, 0.1) is 5.56 Å². The molecular weight excluding hydrogens is 252 g/mol. The lowest BCUT2D eigenvalue weighted by atomic mass is 10.0. The molecule has 0 aromatic heterocycles. The fourth-order valence-corrected chi connectivity index (χ4v) is 1.98. The van der Waals surface area contributed by atoms with Crippen molar-refractivity contribution in [1.29, 1.82) is 0 Å². The Hall–Kier alpha value is -2.49. The Kier molecular flexibility index (Phi) is 3.94. The molecule has 0 fully saturated rings. The average Bonchev–Trinajstić information content (AvgIpc) is 2.38. The summed E-state index contributed by atoms with van der Waals surface area (Å²) in [5.74, 6) is -0.563. The number of hydrogen-bond donors (Lipinski definition) is 3. The number of benzene rings is 2. The summed E-state index contributed by atoms with van der Waals surface area (Å²) in [6.45, 7) is 4.28. The second-order valence-electron chi connectivity index (χ2n) is 5.01. The highest BCUT2D eigenvalue weighted by molar-refractivity contribution is 5.94. The van der Waals surface area contributed by atoms with Crippen molar-refractivity contribution in [2.24, 2.45) is 0 Å². The largest absolute Gasteiger partial charge is 0.478 e. The number of carbonyl (C=O) groups is 1. The SMILES string of the molecule is CC(C)c1cccc(Nc2ccc(C(=O)O)c(N)c2)c1. The van der Waals surface area contributed by atoms with Gasteiger partial charge in [0.15, 0.2) is 0 Å². The first-order valence-corrected chi connectivity index (χ1v) is 6.47. The molecule has 0 heterocycles. The lowest BCUT2D eigenvalue weighted by Gasteiger charge is -2.11. The van der Waals surface area contributed by atoms with Gasteiger partial charge in [0.25, 0.3) is 0 Å². The van der Waals surface area contributed by atoms with Gasteiger partial charge in [0.2, 0.25) is 0 Å².